The van der Waals surface area contributed by atoms with Crippen molar-refractivity contribution in [3.05, 3.63) is 34.1 Å². The lowest BCUT2D eigenvalue weighted by atomic mass is 10.2. The number of rotatable bonds is 4. The van der Waals surface area contributed by atoms with Crippen molar-refractivity contribution in [2.24, 2.45) is 0 Å². The molecule has 0 aliphatic heterocycles. The van der Waals surface area contributed by atoms with Crippen molar-refractivity contribution in [3.63, 3.8) is 0 Å². The number of hydrogen-bond acceptors (Lipinski definition) is 2. The Morgan fingerprint density at radius 3 is 2.56 bits per heavy atom. The van der Waals surface area contributed by atoms with Crippen LogP contribution in [-0.2, 0) is 11.4 Å². The highest BCUT2D eigenvalue weighted by molar-refractivity contribution is 9.10. The van der Waals surface area contributed by atoms with E-state index < -0.39 is 18.6 Å². The third-order valence-electron chi connectivity index (χ3n) is 1.62. The number of benzene rings is 1. The fourth-order valence-electron chi connectivity index (χ4n) is 0.927. The summed E-state index contributed by atoms with van der Waals surface area (Å²) in [6.07, 6.45) is -4.37. The van der Waals surface area contributed by atoms with Crippen LogP contribution in [0.4, 0.5) is 17.6 Å². The van der Waals surface area contributed by atoms with Gasteiger partial charge in [0.25, 0.3) is 0 Å². The zero-order valence-electron chi connectivity index (χ0n) is 7.94. The molecular weight excluding hydrogens is 294 g/mol. The summed E-state index contributed by atoms with van der Waals surface area (Å²) in [5, 5.41) is 0. The van der Waals surface area contributed by atoms with Crippen LogP contribution >= 0.6 is 15.9 Å². The van der Waals surface area contributed by atoms with Crippen molar-refractivity contribution in [3.8, 4) is 0 Å². The number of alkyl halides is 3. The molecule has 0 fully saturated rings. The van der Waals surface area contributed by atoms with E-state index in [1.165, 1.54) is 18.2 Å². The van der Waals surface area contributed by atoms with E-state index in [-0.39, 0.29) is 6.54 Å². The van der Waals surface area contributed by atoms with Crippen molar-refractivity contribution in [1.29, 1.82) is 0 Å². The summed E-state index contributed by atoms with van der Waals surface area (Å²) in [6, 6.07) is 3.88. The highest BCUT2D eigenvalue weighted by atomic mass is 79.9. The number of halogens is 5. The molecule has 0 aliphatic rings. The molecule has 1 N–H and O–H groups in total. The molecule has 90 valence electrons. The third kappa shape index (κ3) is 4.91. The summed E-state index contributed by atoms with van der Waals surface area (Å²) in [5.41, 5.74) is 2.75. The fourth-order valence-corrected chi connectivity index (χ4v) is 1.42. The van der Waals surface area contributed by atoms with Crippen molar-refractivity contribution in [1.82, 2.24) is 5.48 Å². The van der Waals surface area contributed by atoms with Crippen LogP contribution in [0.3, 0.4) is 0 Å². The summed E-state index contributed by atoms with van der Waals surface area (Å²) in [4.78, 5) is 4.20. The van der Waals surface area contributed by atoms with Crippen LogP contribution < -0.4 is 5.48 Å². The Labute approximate surface area is 97.7 Å². The third-order valence-corrected chi connectivity index (χ3v) is 2.35. The van der Waals surface area contributed by atoms with E-state index in [4.69, 9.17) is 0 Å². The molecule has 0 saturated heterocycles. The van der Waals surface area contributed by atoms with Crippen molar-refractivity contribution >= 4 is 15.9 Å². The lowest BCUT2D eigenvalue weighted by Gasteiger charge is -2.09. The van der Waals surface area contributed by atoms with Crippen LogP contribution in [0.2, 0.25) is 0 Å². The molecule has 0 aliphatic carbocycles. The molecule has 0 radical (unpaired) electrons. The molecule has 1 rings (SSSR count). The molecule has 0 saturated carbocycles. The van der Waals surface area contributed by atoms with Crippen LogP contribution in [0.15, 0.2) is 22.7 Å². The monoisotopic (exact) mass is 301 g/mol. The second-order valence-corrected chi connectivity index (χ2v) is 3.82. The van der Waals surface area contributed by atoms with Gasteiger partial charge >= 0.3 is 6.18 Å². The van der Waals surface area contributed by atoms with Gasteiger partial charge in [0.1, 0.15) is 5.82 Å². The second kappa shape index (κ2) is 5.60. The molecule has 0 spiro atoms. The van der Waals surface area contributed by atoms with Crippen LogP contribution in [0, 0.1) is 5.82 Å². The first-order valence-electron chi connectivity index (χ1n) is 4.24. The number of hydroxylamine groups is 1. The minimum atomic E-state index is -4.37. The largest absolute Gasteiger partial charge is 0.413 e. The maximum atomic E-state index is 12.7. The zero-order chi connectivity index (χ0) is 12.2. The van der Waals surface area contributed by atoms with Gasteiger partial charge in [-0.2, -0.15) is 18.7 Å². The van der Waals surface area contributed by atoms with Gasteiger partial charge in [0.15, 0.2) is 6.61 Å². The predicted molar refractivity (Wildman–Crippen MR) is 52.9 cm³/mol. The van der Waals surface area contributed by atoms with Crippen molar-refractivity contribution in [2.75, 3.05) is 6.61 Å². The highest BCUT2D eigenvalue weighted by Gasteiger charge is 2.27. The summed E-state index contributed by atoms with van der Waals surface area (Å²) in [6.45, 7) is -1.32. The summed E-state index contributed by atoms with van der Waals surface area (Å²) >= 11 is 3.08. The number of hydrogen-bond donors (Lipinski definition) is 1. The normalized spacial score (nSPS) is 11.8. The van der Waals surface area contributed by atoms with Gasteiger partial charge < -0.3 is 0 Å². The molecule has 0 bridgehead atoms. The topological polar surface area (TPSA) is 21.3 Å². The van der Waals surface area contributed by atoms with E-state index in [0.29, 0.717) is 10.0 Å². The quantitative estimate of drug-likeness (QED) is 0.524. The van der Waals surface area contributed by atoms with Gasteiger partial charge in [-0.05, 0) is 17.7 Å². The van der Waals surface area contributed by atoms with Gasteiger partial charge in [0, 0.05) is 11.0 Å². The van der Waals surface area contributed by atoms with Gasteiger partial charge in [0.2, 0.25) is 0 Å². The molecule has 0 unspecified atom stereocenters. The average Bonchev–Trinajstić information content (AvgIpc) is 2.13. The number of nitrogens with one attached hydrogen (secondary N) is 1. The maximum absolute atomic E-state index is 12.7. The zero-order valence-corrected chi connectivity index (χ0v) is 9.53. The Morgan fingerprint density at radius 1 is 1.31 bits per heavy atom. The Hall–Kier alpha value is -0.660. The minimum Gasteiger partial charge on any atom is -0.292 e. The maximum Gasteiger partial charge on any atom is 0.413 e. The molecule has 0 amide bonds. The lowest BCUT2D eigenvalue weighted by Crippen LogP contribution is -2.24. The lowest BCUT2D eigenvalue weighted by molar-refractivity contribution is -0.190. The first-order valence-corrected chi connectivity index (χ1v) is 5.03. The Kier molecular flexibility index (Phi) is 4.69. The standard InChI is InChI=1S/C9H8BrF4NO/c10-8-3-7(11)2-1-6(8)4-15-16-5-9(12,13)14/h1-3,15H,4-5H2. The fraction of sp³-hybridized carbons (Fsp3) is 0.333. The van der Waals surface area contributed by atoms with Crippen LogP contribution in [0.1, 0.15) is 5.56 Å². The van der Waals surface area contributed by atoms with Crippen molar-refractivity contribution in [2.45, 2.75) is 12.7 Å². The smallest absolute Gasteiger partial charge is 0.292 e. The molecule has 1 aromatic rings. The van der Waals surface area contributed by atoms with Gasteiger partial charge in [-0.1, -0.05) is 22.0 Å². The first-order chi connectivity index (χ1) is 7.38. The summed E-state index contributed by atoms with van der Waals surface area (Å²) in [5.74, 6) is -0.424. The van der Waals surface area contributed by atoms with E-state index in [0.717, 1.165) is 0 Å². The van der Waals surface area contributed by atoms with E-state index in [1.54, 1.807) is 0 Å². The van der Waals surface area contributed by atoms with Crippen molar-refractivity contribution < 1.29 is 22.4 Å². The Morgan fingerprint density at radius 2 is 2.00 bits per heavy atom. The Balaban J connectivity index is 2.38. The van der Waals surface area contributed by atoms with Gasteiger partial charge in [-0.25, -0.2) is 4.39 Å². The summed E-state index contributed by atoms with van der Waals surface area (Å²) < 4.78 is 48.2. The van der Waals surface area contributed by atoms with Gasteiger partial charge in [-0.3, -0.25) is 4.84 Å². The highest BCUT2D eigenvalue weighted by Crippen LogP contribution is 2.18. The van der Waals surface area contributed by atoms with E-state index in [9.17, 15) is 17.6 Å². The molecule has 1 aromatic carbocycles. The average molecular weight is 302 g/mol. The van der Waals surface area contributed by atoms with Crippen LogP contribution in [0.5, 0.6) is 0 Å². The van der Waals surface area contributed by atoms with E-state index in [2.05, 4.69) is 26.2 Å². The first kappa shape index (κ1) is 13.4. The van der Waals surface area contributed by atoms with Gasteiger partial charge in [-0.15, -0.1) is 0 Å². The molecule has 0 heterocycles. The Bertz CT molecular complexity index is 356. The second-order valence-electron chi connectivity index (χ2n) is 2.96. The molecular formula is C9H8BrF4NO. The molecule has 0 atom stereocenters. The molecule has 7 heteroatoms. The summed E-state index contributed by atoms with van der Waals surface area (Å²) in [7, 11) is 0. The molecule has 2 nitrogen and oxygen atoms in total. The van der Waals surface area contributed by atoms with Crippen LogP contribution in [0.25, 0.3) is 0 Å². The minimum absolute atomic E-state index is 0.0525. The molecule has 0 aromatic heterocycles. The predicted octanol–water partition coefficient (Wildman–Crippen LogP) is 3.17. The van der Waals surface area contributed by atoms with Crippen LogP contribution in [-0.4, -0.2) is 12.8 Å². The van der Waals surface area contributed by atoms with Gasteiger partial charge in [0.05, 0.1) is 0 Å². The van der Waals surface area contributed by atoms with E-state index in [1.807, 2.05) is 0 Å². The molecule has 16 heavy (non-hydrogen) atoms. The van der Waals surface area contributed by atoms with E-state index >= 15 is 0 Å². The SMILES string of the molecule is Fc1ccc(CNOCC(F)(F)F)c(Br)c1.